The summed E-state index contributed by atoms with van der Waals surface area (Å²) in [6.07, 6.45) is 1.32. The molecule has 0 radical (unpaired) electrons. The van der Waals surface area contributed by atoms with Crippen molar-refractivity contribution in [2.45, 2.75) is 6.54 Å². The van der Waals surface area contributed by atoms with Crippen LogP contribution in [0.4, 0.5) is 5.82 Å². The topological polar surface area (TPSA) is 84.3 Å². The van der Waals surface area contributed by atoms with Gasteiger partial charge in [-0.3, -0.25) is 0 Å². The van der Waals surface area contributed by atoms with Crippen molar-refractivity contribution >= 4 is 23.4 Å². The van der Waals surface area contributed by atoms with Crippen molar-refractivity contribution < 1.29 is 14.6 Å². The maximum atomic E-state index is 11.1. The molecule has 0 fully saturated rings. The molecule has 20 heavy (non-hydrogen) atoms. The molecule has 1 aromatic heterocycles. The molecule has 2 N–H and O–H groups in total. The maximum Gasteiger partial charge on any atom is 0.339 e. The number of halogens is 1. The summed E-state index contributed by atoms with van der Waals surface area (Å²) in [5.74, 6) is -0.277. The second kappa shape index (κ2) is 6.21. The normalized spacial score (nSPS) is 10.1. The lowest BCUT2D eigenvalue weighted by Gasteiger charge is -2.12. The standard InChI is InChI=1S/C13H12ClN3O3/c1-20-11-4-2-3-10(14)9(11)7-15-12-8(13(18)19)5-6-16-17-12/h2-6H,7H2,1H3,(H,15,17)(H,18,19). The van der Waals surface area contributed by atoms with Crippen molar-refractivity contribution in [2.75, 3.05) is 12.4 Å². The van der Waals surface area contributed by atoms with Gasteiger partial charge in [0, 0.05) is 17.1 Å². The molecule has 104 valence electrons. The molecule has 0 aliphatic heterocycles. The summed E-state index contributed by atoms with van der Waals surface area (Å²) in [6.45, 7) is 0.280. The van der Waals surface area contributed by atoms with Crippen LogP contribution in [0.2, 0.25) is 5.02 Å². The van der Waals surface area contributed by atoms with E-state index in [1.807, 2.05) is 0 Å². The zero-order valence-corrected chi connectivity index (χ0v) is 11.4. The average Bonchev–Trinajstić information content (AvgIpc) is 2.46. The van der Waals surface area contributed by atoms with E-state index in [1.54, 1.807) is 25.3 Å². The second-order valence-electron chi connectivity index (χ2n) is 3.87. The zero-order chi connectivity index (χ0) is 14.5. The molecule has 2 aromatic rings. The van der Waals surface area contributed by atoms with Gasteiger partial charge in [0.15, 0.2) is 5.82 Å². The highest BCUT2D eigenvalue weighted by molar-refractivity contribution is 6.31. The predicted octanol–water partition coefficient (Wildman–Crippen LogP) is 2.45. The van der Waals surface area contributed by atoms with Crippen LogP contribution in [0.15, 0.2) is 30.5 Å². The number of carbonyl (C=O) groups is 1. The highest BCUT2D eigenvalue weighted by atomic mass is 35.5. The van der Waals surface area contributed by atoms with E-state index in [2.05, 4.69) is 15.5 Å². The molecular weight excluding hydrogens is 282 g/mol. The fraction of sp³-hybridized carbons (Fsp3) is 0.154. The Labute approximate surface area is 120 Å². The third-order valence-corrected chi connectivity index (χ3v) is 3.03. The Bertz CT molecular complexity index is 634. The van der Waals surface area contributed by atoms with Crippen molar-refractivity contribution in [3.05, 3.63) is 46.6 Å². The van der Waals surface area contributed by atoms with E-state index in [0.29, 0.717) is 10.8 Å². The van der Waals surface area contributed by atoms with Gasteiger partial charge >= 0.3 is 5.97 Å². The molecule has 0 saturated heterocycles. The Hall–Kier alpha value is -2.34. The summed E-state index contributed by atoms with van der Waals surface area (Å²) < 4.78 is 5.22. The third kappa shape index (κ3) is 2.97. The van der Waals surface area contributed by atoms with Crippen LogP contribution in [0.1, 0.15) is 15.9 Å². The van der Waals surface area contributed by atoms with Crippen LogP contribution in [0.5, 0.6) is 5.75 Å². The van der Waals surface area contributed by atoms with Gasteiger partial charge in [-0.25, -0.2) is 4.79 Å². The highest BCUT2D eigenvalue weighted by Crippen LogP contribution is 2.27. The number of anilines is 1. The van der Waals surface area contributed by atoms with Crippen molar-refractivity contribution in [3.8, 4) is 5.75 Å². The number of benzene rings is 1. The zero-order valence-electron chi connectivity index (χ0n) is 10.6. The monoisotopic (exact) mass is 293 g/mol. The van der Waals surface area contributed by atoms with Crippen molar-refractivity contribution in [1.29, 1.82) is 0 Å². The van der Waals surface area contributed by atoms with Gasteiger partial charge in [-0.15, -0.1) is 5.10 Å². The molecule has 0 atom stereocenters. The fourth-order valence-electron chi connectivity index (χ4n) is 1.71. The van der Waals surface area contributed by atoms with E-state index in [4.69, 9.17) is 21.4 Å². The molecule has 0 amide bonds. The van der Waals surface area contributed by atoms with Crippen molar-refractivity contribution in [3.63, 3.8) is 0 Å². The van der Waals surface area contributed by atoms with Gasteiger partial charge in [0.2, 0.25) is 0 Å². The summed E-state index contributed by atoms with van der Waals surface area (Å²) in [5, 5.41) is 19.9. The minimum absolute atomic E-state index is 0.0472. The van der Waals surface area contributed by atoms with Gasteiger partial charge in [-0.05, 0) is 18.2 Å². The summed E-state index contributed by atoms with van der Waals surface area (Å²) in [6, 6.07) is 6.66. The summed E-state index contributed by atoms with van der Waals surface area (Å²) in [5.41, 5.74) is 0.768. The van der Waals surface area contributed by atoms with E-state index >= 15 is 0 Å². The van der Waals surface area contributed by atoms with Crippen molar-refractivity contribution in [1.82, 2.24) is 10.2 Å². The van der Waals surface area contributed by atoms with Crippen molar-refractivity contribution in [2.24, 2.45) is 0 Å². The summed E-state index contributed by atoms with van der Waals surface area (Å²) in [4.78, 5) is 11.1. The Kier molecular flexibility index (Phi) is 4.37. The lowest BCUT2D eigenvalue weighted by molar-refractivity contribution is 0.0697. The Balaban J connectivity index is 2.24. The van der Waals surface area contributed by atoms with Crippen LogP contribution in [0.3, 0.4) is 0 Å². The fourth-order valence-corrected chi connectivity index (χ4v) is 1.94. The number of hydrogen-bond acceptors (Lipinski definition) is 5. The van der Waals surface area contributed by atoms with Gasteiger partial charge in [0.1, 0.15) is 11.3 Å². The van der Waals surface area contributed by atoms with E-state index in [-0.39, 0.29) is 17.9 Å². The molecule has 6 nitrogen and oxygen atoms in total. The molecular formula is C13H12ClN3O3. The SMILES string of the molecule is COc1cccc(Cl)c1CNc1nnccc1C(=O)O. The first-order valence-corrected chi connectivity index (χ1v) is 6.11. The molecule has 1 heterocycles. The number of nitrogens with zero attached hydrogens (tertiary/aromatic N) is 2. The maximum absolute atomic E-state index is 11.1. The number of hydrogen-bond donors (Lipinski definition) is 2. The number of carboxylic acids is 1. The van der Waals surface area contributed by atoms with E-state index in [9.17, 15) is 4.79 Å². The van der Waals surface area contributed by atoms with Crippen LogP contribution in [-0.2, 0) is 6.54 Å². The predicted molar refractivity (Wildman–Crippen MR) is 74.3 cm³/mol. The largest absolute Gasteiger partial charge is 0.496 e. The van der Waals surface area contributed by atoms with Crippen LogP contribution in [0, 0.1) is 0 Å². The lowest BCUT2D eigenvalue weighted by Crippen LogP contribution is -2.10. The summed E-state index contributed by atoms with van der Waals surface area (Å²) >= 11 is 6.10. The Morgan fingerprint density at radius 1 is 1.45 bits per heavy atom. The number of methoxy groups -OCH3 is 1. The molecule has 0 aliphatic carbocycles. The quantitative estimate of drug-likeness (QED) is 0.881. The Morgan fingerprint density at radius 2 is 2.25 bits per heavy atom. The minimum Gasteiger partial charge on any atom is -0.496 e. The number of rotatable bonds is 5. The van der Waals surface area contributed by atoms with Crippen LogP contribution >= 0.6 is 11.6 Å². The molecule has 7 heteroatoms. The van der Waals surface area contributed by atoms with Gasteiger partial charge < -0.3 is 15.2 Å². The molecule has 0 aliphatic rings. The first-order valence-electron chi connectivity index (χ1n) is 5.73. The van der Waals surface area contributed by atoms with Crippen LogP contribution in [0.25, 0.3) is 0 Å². The molecule has 0 unspecified atom stereocenters. The molecule has 0 bridgehead atoms. The number of carboxylic acid groups (broad SMARTS) is 1. The first kappa shape index (κ1) is 14.1. The number of nitrogens with one attached hydrogen (secondary N) is 1. The third-order valence-electron chi connectivity index (χ3n) is 2.68. The molecule has 1 aromatic carbocycles. The average molecular weight is 294 g/mol. The lowest BCUT2D eigenvalue weighted by atomic mass is 10.2. The molecule has 2 rings (SSSR count). The number of aromatic nitrogens is 2. The number of ether oxygens (including phenoxy) is 1. The minimum atomic E-state index is -1.08. The second-order valence-corrected chi connectivity index (χ2v) is 4.28. The van der Waals surface area contributed by atoms with Gasteiger partial charge in [-0.2, -0.15) is 5.10 Å². The first-order chi connectivity index (χ1) is 9.63. The smallest absolute Gasteiger partial charge is 0.339 e. The van der Waals surface area contributed by atoms with E-state index in [1.165, 1.54) is 12.3 Å². The summed E-state index contributed by atoms with van der Waals surface area (Å²) in [7, 11) is 1.54. The van der Waals surface area contributed by atoms with Gasteiger partial charge in [-0.1, -0.05) is 17.7 Å². The Morgan fingerprint density at radius 3 is 2.95 bits per heavy atom. The van der Waals surface area contributed by atoms with Crippen LogP contribution < -0.4 is 10.1 Å². The van der Waals surface area contributed by atoms with Gasteiger partial charge in [0.25, 0.3) is 0 Å². The molecule has 0 saturated carbocycles. The van der Waals surface area contributed by atoms with Gasteiger partial charge in [0.05, 0.1) is 13.3 Å². The molecule has 0 spiro atoms. The number of aromatic carboxylic acids is 1. The van der Waals surface area contributed by atoms with E-state index in [0.717, 1.165) is 5.56 Å². The van der Waals surface area contributed by atoms with E-state index < -0.39 is 5.97 Å². The van der Waals surface area contributed by atoms with Crippen LogP contribution in [-0.4, -0.2) is 28.4 Å². The highest BCUT2D eigenvalue weighted by Gasteiger charge is 2.13.